The molecule has 0 bridgehead atoms. The Morgan fingerprint density at radius 3 is 2.52 bits per heavy atom. The number of halogens is 4. The third-order valence-corrected chi connectivity index (χ3v) is 6.99. The Kier molecular flexibility index (Phi) is 7.77. The summed E-state index contributed by atoms with van der Waals surface area (Å²) < 4.78 is 74.1. The fourth-order valence-corrected chi connectivity index (χ4v) is 4.45. The Labute approximate surface area is 238 Å². The number of pyridine rings is 1. The first-order valence-corrected chi connectivity index (χ1v) is 13.2. The SMILES string of the molecule is C[C@@]1(N)COc2c1cc([C@@](O)(CNC(=O)c1ccc(OC3CC3)c(OCCO)c1)C(F)(F)F)nc2-c1ccc(F)cc1. The molecule has 0 radical (unpaired) electrons. The van der Waals surface area contributed by atoms with Crippen LogP contribution in [-0.2, 0) is 11.1 Å². The second-order valence-electron chi connectivity index (χ2n) is 10.5. The molecule has 2 atom stereocenters. The highest BCUT2D eigenvalue weighted by molar-refractivity contribution is 5.95. The molecule has 1 aliphatic heterocycles. The lowest BCUT2D eigenvalue weighted by atomic mass is 9.89. The average molecular weight is 592 g/mol. The Bertz CT molecular complexity index is 1480. The highest BCUT2D eigenvalue weighted by atomic mass is 19.4. The Morgan fingerprint density at radius 1 is 1.17 bits per heavy atom. The van der Waals surface area contributed by atoms with Gasteiger partial charge in [0.05, 0.1) is 30.5 Å². The summed E-state index contributed by atoms with van der Waals surface area (Å²) in [5, 5.41) is 22.4. The number of hydrogen-bond acceptors (Lipinski definition) is 8. The summed E-state index contributed by atoms with van der Waals surface area (Å²) in [7, 11) is 0. The first-order valence-electron chi connectivity index (χ1n) is 13.2. The van der Waals surface area contributed by atoms with Crippen molar-refractivity contribution in [3.8, 4) is 28.5 Å². The first kappa shape index (κ1) is 29.5. The van der Waals surface area contributed by atoms with Crippen molar-refractivity contribution in [2.24, 2.45) is 5.73 Å². The lowest BCUT2D eigenvalue weighted by molar-refractivity contribution is -0.265. The third kappa shape index (κ3) is 5.85. The van der Waals surface area contributed by atoms with Crippen LogP contribution in [-0.4, -0.2) is 59.7 Å². The number of nitrogens with two attached hydrogens (primary N) is 1. The Balaban J connectivity index is 1.48. The Morgan fingerprint density at radius 2 is 1.88 bits per heavy atom. The predicted molar refractivity (Wildman–Crippen MR) is 142 cm³/mol. The highest BCUT2D eigenvalue weighted by Gasteiger charge is 2.57. The molecule has 1 saturated carbocycles. The van der Waals surface area contributed by atoms with Crippen molar-refractivity contribution in [3.63, 3.8) is 0 Å². The molecule has 1 aromatic heterocycles. The third-order valence-electron chi connectivity index (χ3n) is 6.99. The van der Waals surface area contributed by atoms with Gasteiger partial charge in [-0.1, -0.05) is 0 Å². The van der Waals surface area contributed by atoms with Crippen LogP contribution >= 0.6 is 0 Å². The van der Waals surface area contributed by atoms with Gasteiger partial charge in [-0.25, -0.2) is 9.37 Å². The average Bonchev–Trinajstić information content (AvgIpc) is 3.72. The number of aliphatic hydroxyl groups is 2. The van der Waals surface area contributed by atoms with Gasteiger partial charge in [-0.15, -0.1) is 0 Å². The number of carbonyl (C=O) groups excluding carboxylic acids is 1. The quantitative estimate of drug-likeness (QED) is 0.263. The molecule has 13 heteroatoms. The van der Waals surface area contributed by atoms with Crippen molar-refractivity contribution in [2.45, 2.75) is 43.2 Å². The molecule has 1 fully saturated rings. The van der Waals surface area contributed by atoms with E-state index in [1.54, 1.807) is 6.92 Å². The summed E-state index contributed by atoms with van der Waals surface area (Å²) >= 11 is 0. The van der Waals surface area contributed by atoms with Crippen LogP contribution in [0.15, 0.2) is 48.5 Å². The summed E-state index contributed by atoms with van der Waals surface area (Å²) in [4.78, 5) is 17.1. The van der Waals surface area contributed by atoms with E-state index in [0.29, 0.717) is 5.75 Å². The number of benzene rings is 2. The van der Waals surface area contributed by atoms with Gasteiger partial charge < -0.3 is 35.5 Å². The minimum Gasteiger partial charge on any atom is -0.489 e. The number of alkyl halides is 3. The fraction of sp³-hybridized carbons (Fsp3) is 0.379. The highest BCUT2D eigenvalue weighted by Crippen LogP contribution is 2.46. The van der Waals surface area contributed by atoms with Crippen molar-refractivity contribution in [1.29, 1.82) is 0 Å². The van der Waals surface area contributed by atoms with E-state index >= 15 is 0 Å². The van der Waals surface area contributed by atoms with Gasteiger partial charge in [0, 0.05) is 16.7 Å². The van der Waals surface area contributed by atoms with E-state index < -0.39 is 41.3 Å². The molecule has 0 saturated heterocycles. The number of nitrogens with zero attached hydrogens (tertiary/aromatic N) is 1. The summed E-state index contributed by atoms with van der Waals surface area (Å²) in [6.07, 6.45) is -3.58. The van der Waals surface area contributed by atoms with Crippen molar-refractivity contribution in [2.75, 3.05) is 26.4 Å². The topological polar surface area (TPSA) is 136 Å². The monoisotopic (exact) mass is 591 g/mol. The van der Waals surface area contributed by atoms with Crippen LogP contribution in [0.4, 0.5) is 17.6 Å². The lowest BCUT2D eigenvalue weighted by Crippen LogP contribution is -2.51. The first-order chi connectivity index (χ1) is 19.8. The van der Waals surface area contributed by atoms with Crippen LogP contribution in [0.1, 0.15) is 41.4 Å². The molecule has 2 heterocycles. The minimum absolute atomic E-state index is 0.00310. The summed E-state index contributed by atoms with van der Waals surface area (Å²) in [5.74, 6) is -0.912. The van der Waals surface area contributed by atoms with E-state index in [9.17, 15) is 27.5 Å². The van der Waals surface area contributed by atoms with Crippen LogP contribution in [0.5, 0.6) is 17.2 Å². The summed E-state index contributed by atoms with van der Waals surface area (Å²) in [5.41, 5.74) is 0.886. The number of aromatic nitrogens is 1. The maximum absolute atomic E-state index is 14.5. The second kappa shape index (κ2) is 11.0. The smallest absolute Gasteiger partial charge is 0.424 e. The van der Waals surface area contributed by atoms with Crippen molar-refractivity contribution in [1.82, 2.24) is 10.3 Å². The molecule has 1 amide bonds. The lowest BCUT2D eigenvalue weighted by Gasteiger charge is -2.31. The van der Waals surface area contributed by atoms with Crippen molar-refractivity contribution >= 4 is 5.91 Å². The molecule has 5 N–H and O–H groups in total. The molecule has 0 spiro atoms. The van der Waals surface area contributed by atoms with Gasteiger partial charge in [-0.3, -0.25) is 4.79 Å². The van der Waals surface area contributed by atoms with E-state index in [2.05, 4.69) is 10.3 Å². The molecular formula is C29H29F4N3O6. The van der Waals surface area contributed by atoms with Crippen molar-refractivity contribution in [3.05, 3.63) is 71.2 Å². The fourth-order valence-electron chi connectivity index (χ4n) is 4.45. The molecule has 3 aromatic rings. The van der Waals surface area contributed by atoms with Crippen LogP contribution < -0.4 is 25.3 Å². The van der Waals surface area contributed by atoms with Gasteiger partial charge in [0.2, 0.25) is 5.60 Å². The molecule has 0 unspecified atom stereocenters. The van der Waals surface area contributed by atoms with E-state index in [1.165, 1.54) is 30.3 Å². The number of ether oxygens (including phenoxy) is 3. The zero-order valence-electron chi connectivity index (χ0n) is 22.5. The van der Waals surface area contributed by atoms with Crippen LogP contribution in [0, 0.1) is 5.82 Å². The van der Waals surface area contributed by atoms with E-state index in [-0.39, 0.29) is 59.8 Å². The number of rotatable bonds is 10. The maximum atomic E-state index is 14.5. The summed E-state index contributed by atoms with van der Waals surface area (Å²) in [6, 6.07) is 9.97. The van der Waals surface area contributed by atoms with Crippen LogP contribution in [0.3, 0.4) is 0 Å². The van der Waals surface area contributed by atoms with E-state index in [4.69, 9.17) is 25.1 Å². The molecule has 1 aliphatic carbocycles. The second-order valence-corrected chi connectivity index (χ2v) is 10.5. The van der Waals surface area contributed by atoms with Gasteiger partial charge in [0.25, 0.3) is 5.91 Å². The van der Waals surface area contributed by atoms with Gasteiger partial charge >= 0.3 is 6.18 Å². The Hall–Kier alpha value is -3.94. The number of hydrogen-bond donors (Lipinski definition) is 4. The molecule has 2 aromatic carbocycles. The predicted octanol–water partition coefficient (Wildman–Crippen LogP) is 3.55. The largest absolute Gasteiger partial charge is 0.489 e. The molecule has 5 rings (SSSR count). The van der Waals surface area contributed by atoms with Gasteiger partial charge in [-0.05, 0) is 68.3 Å². The number of fused-ring (bicyclic) bond motifs is 1. The number of carbonyl (C=O) groups is 1. The zero-order valence-corrected chi connectivity index (χ0v) is 22.5. The number of nitrogens with one attached hydrogen (secondary N) is 1. The summed E-state index contributed by atoms with van der Waals surface area (Å²) in [6.45, 7) is -0.204. The standard InChI is InChI=1S/C29H29F4N3O6/c1-27(34)15-41-25-20(27)13-23(36-24(25)16-2-5-18(30)6-3-16)28(39,29(31,32)33)14-35-26(38)17-4-9-21(42-19-7-8-19)22(12-17)40-11-10-37/h2-6,9,12-13,19,37,39H,7-8,10-11,14-15,34H2,1H3,(H,35,38)/t27-,28+/m1/s1. The molecule has 2 aliphatic rings. The van der Waals surface area contributed by atoms with Gasteiger partial charge in [0.1, 0.15) is 24.7 Å². The van der Waals surface area contributed by atoms with E-state index in [1.807, 2.05) is 0 Å². The normalized spacial score (nSPS) is 19.4. The zero-order chi connectivity index (χ0) is 30.3. The number of amides is 1. The molecule has 42 heavy (non-hydrogen) atoms. The molecule has 9 nitrogen and oxygen atoms in total. The van der Waals surface area contributed by atoms with Gasteiger partial charge in [-0.2, -0.15) is 13.2 Å². The van der Waals surface area contributed by atoms with Crippen molar-refractivity contribution < 1.29 is 46.8 Å². The number of aliphatic hydroxyl groups excluding tert-OH is 1. The van der Waals surface area contributed by atoms with E-state index in [0.717, 1.165) is 31.0 Å². The van der Waals surface area contributed by atoms with Crippen LogP contribution in [0.2, 0.25) is 0 Å². The minimum atomic E-state index is -5.29. The molecule has 224 valence electrons. The van der Waals surface area contributed by atoms with Crippen LogP contribution in [0.25, 0.3) is 11.3 Å². The van der Waals surface area contributed by atoms with Gasteiger partial charge in [0.15, 0.2) is 17.2 Å². The maximum Gasteiger partial charge on any atom is 0.424 e. The molecular weight excluding hydrogens is 562 g/mol.